The molecule has 2 aromatic rings. The van der Waals surface area contributed by atoms with Crippen LogP contribution < -0.4 is 0 Å². The second kappa shape index (κ2) is 6.21. The van der Waals surface area contributed by atoms with Crippen LogP contribution >= 0.6 is 23.4 Å². The van der Waals surface area contributed by atoms with Crippen molar-refractivity contribution in [1.29, 1.82) is 0 Å². The Morgan fingerprint density at radius 3 is 2.78 bits per heavy atom. The number of hydrogen-bond acceptors (Lipinski definition) is 3. The molecule has 18 heavy (non-hydrogen) atoms. The Bertz CT molecular complexity index is 543. The zero-order chi connectivity index (χ0) is 13.0. The third-order valence-corrected chi connectivity index (χ3v) is 3.70. The van der Waals surface area contributed by atoms with Crippen LogP contribution in [0.1, 0.15) is 24.0 Å². The van der Waals surface area contributed by atoms with Crippen LogP contribution in [-0.2, 0) is 12.2 Å². The molecule has 0 fully saturated rings. The van der Waals surface area contributed by atoms with Gasteiger partial charge in [-0.2, -0.15) is 0 Å². The van der Waals surface area contributed by atoms with Gasteiger partial charge in [0.05, 0.1) is 5.75 Å². The third-order valence-electron chi connectivity index (χ3n) is 2.51. The normalized spacial score (nSPS) is 10.6. The maximum absolute atomic E-state index is 5.98. The molecule has 0 bridgehead atoms. The smallest absolute Gasteiger partial charge is 0.140 e. The largest absolute Gasteiger partial charge is 0.237 e. The van der Waals surface area contributed by atoms with Crippen LogP contribution in [0.15, 0.2) is 35.2 Å². The quantitative estimate of drug-likeness (QED) is 0.616. The molecule has 0 aliphatic rings. The number of rotatable bonds is 4. The molecule has 1 aromatic heterocycles. The maximum atomic E-state index is 5.98. The van der Waals surface area contributed by atoms with E-state index in [-0.39, 0.29) is 0 Å². The molecule has 0 aliphatic carbocycles. The van der Waals surface area contributed by atoms with E-state index in [9.17, 15) is 0 Å². The van der Waals surface area contributed by atoms with E-state index in [1.807, 2.05) is 6.07 Å². The van der Waals surface area contributed by atoms with Crippen molar-refractivity contribution in [1.82, 2.24) is 9.97 Å². The first-order valence-corrected chi connectivity index (χ1v) is 7.25. The number of benzene rings is 1. The van der Waals surface area contributed by atoms with Gasteiger partial charge in [0.15, 0.2) is 0 Å². The Morgan fingerprint density at radius 2 is 2.06 bits per heavy atom. The first kappa shape index (κ1) is 13.4. The molecule has 1 aromatic carbocycles. The number of thioether (sulfide) groups is 1. The highest BCUT2D eigenvalue weighted by molar-refractivity contribution is 7.98. The van der Waals surface area contributed by atoms with E-state index >= 15 is 0 Å². The van der Waals surface area contributed by atoms with E-state index in [1.165, 1.54) is 10.5 Å². The standard InChI is InChI=1S/C14H15ClN2S/c1-3-11-8-13(15)17-14(16-11)9-18-12-6-4-5-10(2)7-12/h4-8H,3,9H2,1-2H3. The van der Waals surface area contributed by atoms with Gasteiger partial charge in [0, 0.05) is 10.6 Å². The fourth-order valence-corrected chi connectivity index (χ4v) is 2.71. The van der Waals surface area contributed by atoms with Gasteiger partial charge in [0.25, 0.3) is 0 Å². The topological polar surface area (TPSA) is 25.8 Å². The lowest BCUT2D eigenvalue weighted by Crippen LogP contribution is -1.97. The van der Waals surface area contributed by atoms with Gasteiger partial charge in [-0.05, 0) is 31.5 Å². The van der Waals surface area contributed by atoms with E-state index in [4.69, 9.17) is 11.6 Å². The Morgan fingerprint density at radius 1 is 1.22 bits per heavy atom. The molecule has 0 saturated carbocycles. The molecule has 0 radical (unpaired) electrons. The molecule has 0 aliphatic heterocycles. The third kappa shape index (κ3) is 3.72. The molecule has 0 unspecified atom stereocenters. The van der Waals surface area contributed by atoms with E-state index in [2.05, 4.69) is 48.1 Å². The van der Waals surface area contributed by atoms with Crippen molar-refractivity contribution in [2.24, 2.45) is 0 Å². The number of nitrogens with zero attached hydrogens (tertiary/aromatic N) is 2. The minimum Gasteiger partial charge on any atom is -0.237 e. The summed E-state index contributed by atoms with van der Waals surface area (Å²) in [5, 5.41) is 0.529. The molecule has 0 saturated heterocycles. The summed E-state index contributed by atoms with van der Waals surface area (Å²) in [5.41, 5.74) is 2.26. The van der Waals surface area contributed by atoms with Crippen molar-refractivity contribution in [3.63, 3.8) is 0 Å². The number of hydrogen-bond donors (Lipinski definition) is 0. The molecule has 0 N–H and O–H groups in total. The van der Waals surface area contributed by atoms with Gasteiger partial charge in [0.2, 0.25) is 0 Å². The summed E-state index contributed by atoms with van der Waals surface area (Å²) in [7, 11) is 0. The molecule has 4 heteroatoms. The minimum absolute atomic E-state index is 0.529. The monoisotopic (exact) mass is 278 g/mol. The average molecular weight is 279 g/mol. The number of aryl methyl sites for hydroxylation is 2. The minimum atomic E-state index is 0.529. The first-order valence-electron chi connectivity index (χ1n) is 5.89. The summed E-state index contributed by atoms with van der Waals surface area (Å²) in [5.74, 6) is 1.54. The lowest BCUT2D eigenvalue weighted by Gasteiger charge is -2.04. The molecule has 1 heterocycles. The lowest BCUT2D eigenvalue weighted by atomic mass is 10.2. The van der Waals surface area contributed by atoms with Crippen LogP contribution in [0, 0.1) is 6.92 Å². The molecular formula is C14H15ClN2S. The van der Waals surface area contributed by atoms with Gasteiger partial charge in [0.1, 0.15) is 11.0 Å². The van der Waals surface area contributed by atoms with Crippen molar-refractivity contribution in [3.8, 4) is 0 Å². The zero-order valence-electron chi connectivity index (χ0n) is 10.5. The molecule has 94 valence electrons. The zero-order valence-corrected chi connectivity index (χ0v) is 12.1. The molecule has 2 rings (SSSR count). The predicted octanol–water partition coefficient (Wildman–Crippen LogP) is 4.29. The molecular weight excluding hydrogens is 264 g/mol. The van der Waals surface area contributed by atoms with E-state index in [1.54, 1.807) is 11.8 Å². The summed E-state index contributed by atoms with van der Waals surface area (Å²) in [4.78, 5) is 9.96. The fourth-order valence-electron chi connectivity index (χ4n) is 1.61. The Kier molecular flexibility index (Phi) is 4.61. The highest BCUT2D eigenvalue weighted by atomic mass is 35.5. The van der Waals surface area contributed by atoms with Gasteiger partial charge in [-0.15, -0.1) is 11.8 Å². The summed E-state index contributed by atoms with van der Waals surface area (Å²) in [6.45, 7) is 4.16. The second-order valence-corrected chi connectivity index (χ2v) is 5.49. The highest BCUT2D eigenvalue weighted by Gasteiger charge is 2.03. The van der Waals surface area contributed by atoms with Crippen molar-refractivity contribution in [2.75, 3.05) is 0 Å². The fraction of sp³-hybridized carbons (Fsp3) is 0.286. The van der Waals surface area contributed by atoms with Crippen molar-refractivity contribution >= 4 is 23.4 Å². The van der Waals surface area contributed by atoms with Crippen molar-refractivity contribution in [2.45, 2.75) is 30.9 Å². The van der Waals surface area contributed by atoms with Gasteiger partial charge < -0.3 is 0 Å². The average Bonchev–Trinajstić information content (AvgIpc) is 2.36. The van der Waals surface area contributed by atoms with Crippen molar-refractivity contribution < 1.29 is 0 Å². The molecule has 2 nitrogen and oxygen atoms in total. The lowest BCUT2D eigenvalue weighted by molar-refractivity contribution is 0.940. The van der Waals surface area contributed by atoms with Crippen LogP contribution in [0.2, 0.25) is 5.15 Å². The summed E-state index contributed by atoms with van der Waals surface area (Å²) < 4.78 is 0. The highest BCUT2D eigenvalue weighted by Crippen LogP contribution is 2.22. The van der Waals surface area contributed by atoms with Crippen LogP contribution in [-0.4, -0.2) is 9.97 Å². The van der Waals surface area contributed by atoms with E-state index < -0.39 is 0 Å². The SMILES string of the molecule is CCc1cc(Cl)nc(CSc2cccc(C)c2)n1. The van der Waals surface area contributed by atoms with E-state index in [0.717, 1.165) is 23.7 Å². The number of aromatic nitrogens is 2. The Balaban J connectivity index is 2.08. The summed E-state index contributed by atoms with van der Waals surface area (Å²) in [6, 6.07) is 10.2. The first-order chi connectivity index (χ1) is 8.67. The van der Waals surface area contributed by atoms with Crippen LogP contribution in [0.3, 0.4) is 0 Å². The van der Waals surface area contributed by atoms with Crippen LogP contribution in [0.25, 0.3) is 0 Å². The van der Waals surface area contributed by atoms with Gasteiger partial charge in [-0.25, -0.2) is 9.97 Å². The van der Waals surface area contributed by atoms with Crippen LogP contribution in [0.4, 0.5) is 0 Å². The van der Waals surface area contributed by atoms with Crippen LogP contribution in [0.5, 0.6) is 0 Å². The second-order valence-electron chi connectivity index (χ2n) is 4.06. The summed E-state index contributed by atoms with van der Waals surface area (Å²) in [6.07, 6.45) is 0.879. The molecule has 0 spiro atoms. The Hall–Kier alpha value is -1.06. The predicted molar refractivity (Wildman–Crippen MR) is 77.2 cm³/mol. The van der Waals surface area contributed by atoms with E-state index in [0.29, 0.717) is 5.15 Å². The van der Waals surface area contributed by atoms with Crippen molar-refractivity contribution in [3.05, 3.63) is 52.6 Å². The maximum Gasteiger partial charge on any atom is 0.140 e. The van der Waals surface area contributed by atoms with Gasteiger partial charge >= 0.3 is 0 Å². The summed E-state index contributed by atoms with van der Waals surface area (Å²) >= 11 is 7.71. The molecule has 0 amide bonds. The Labute approximate surface area is 117 Å². The van der Waals surface area contributed by atoms with Gasteiger partial charge in [-0.1, -0.05) is 36.2 Å². The molecule has 0 atom stereocenters. The van der Waals surface area contributed by atoms with Gasteiger partial charge in [-0.3, -0.25) is 0 Å². The number of halogens is 1.